The first-order valence-electron chi connectivity index (χ1n) is 8.40. The van der Waals surface area contributed by atoms with Crippen LogP contribution < -0.4 is 5.32 Å². The van der Waals surface area contributed by atoms with Crippen molar-refractivity contribution in [1.82, 2.24) is 10.2 Å². The summed E-state index contributed by atoms with van der Waals surface area (Å²) in [6, 6.07) is 4.84. The number of hydrogen-bond donors (Lipinski definition) is 1. The normalized spacial score (nSPS) is 20.6. The Hall–Kier alpha value is -0.820. The number of rotatable bonds is 7. The van der Waals surface area contributed by atoms with Gasteiger partial charge in [-0.1, -0.05) is 36.2 Å². The molecule has 2 atom stereocenters. The predicted octanol–water partition coefficient (Wildman–Crippen LogP) is 3.07. The lowest BCUT2D eigenvalue weighted by atomic mass is 10.1. The van der Waals surface area contributed by atoms with Gasteiger partial charge < -0.3 is 5.32 Å². The molecule has 25 heavy (non-hydrogen) atoms. The van der Waals surface area contributed by atoms with Crippen LogP contribution in [0.1, 0.15) is 38.3 Å². The Morgan fingerprint density at radius 1 is 1.40 bits per heavy atom. The van der Waals surface area contributed by atoms with E-state index >= 15 is 0 Å². The van der Waals surface area contributed by atoms with Crippen molar-refractivity contribution in [3.8, 4) is 0 Å². The fourth-order valence-electron chi connectivity index (χ4n) is 3.14. The van der Waals surface area contributed by atoms with E-state index in [2.05, 4.69) is 5.32 Å². The molecule has 1 fully saturated rings. The fraction of sp³-hybridized carbons (Fsp3) is 0.588. The third-order valence-electron chi connectivity index (χ3n) is 4.39. The Kier molecular flexibility index (Phi) is 7.14. The van der Waals surface area contributed by atoms with Gasteiger partial charge in [0, 0.05) is 16.1 Å². The zero-order chi connectivity index (χ0) is 18.6. The van der Waals surface area contributed by atoms with Gasteiger partial charge in [0.05, 0.1) is 24.1 Å². The zero-order valence-corrected chi connectivity index (χ0v) is 16.8. The minimum atomic E-state index is -2.97. The number of carbonyl (C=O) groups is 1. The topological polar surface area (TPSA) is 66.5 Å². The Morgan fingerprint density at radius 2 is 2.12 bits per heavy atom. The molecule has 0 saturated carbocycles. The molecule has 1 N–H and O–H groups in total. The molecule has 0 spiro atoms. The molecule has 1 aliphatic rings. The molecule has 1 aliphatic heterocycles. The molecule has 0 bridgehead atoms. The number of amides is 1. The number of nitrogens with one attached hydrogen (secondary N) is 1. The summed E-state index contributed by atoms with van der Waals surface area (Å²) in [5.41, 5.74) is 0.796. The lowest BCUT2D eigenvalue weighted by Gasteiger charge is -2.27. The molecule has 1 aromatic rings. The third-order valence-corrected chi connectivity index (χ3v) is 6.70. The molecule has 2 rings (SSSR count). The van der Waals surface area contributed by atoms with Crippen LogP contribution in [0.3, 0.4) is 0 Å². The van der Waals surface area contributed by atoms with Gasteiger partial charge in [0.15, 0.2) is 9.84 Å². The van der Waals surface area contributed by atoms with Crippen LogP contribution in [0.25, 0.3) is 0 Å². The van der Waals surface area contributed by atoms with Crippen LogP contribution in [0.4, 0.5) is 0 Å². The predicted molar refractivity (Wildman–Crippen MR) is 102 cm³/mol. The molecule has 8 heteroatoms. The van der Waals surface area contributed by atoms with Gasteiger partial charge in [0.2, 0.25) is 5.91 Å². The van der Waals surface area contributed by atoms with E-state index in [0.29, 0.717) is 23.0 Å². The van der Waals surface area contributed by atoms with E-state index in [4.69, 9.17) is 23.2 Å². The smallest absolute Gasteiger partial charge is 0.234 e. The summed E-state index contributed by atoms with van der Waals surface area (Å²) in [5, 5.41) is 3.98. The van der Waals surface area contributed by atoms with E-state index in [1.54, 1.807) is 18.2 Å². The van der Waals surface area contributed by atoms with Gasteiger partial charge in [-0.15, -0.1) is 0 Å². The van der Waals surface area contributed by atoms with Gasteiger partial charge in [0.1, 0.15) is 0 Å². The minimum absolute atomic E-state index is 0.0786. The SMILES string of the molecule is CCCN(CC(=O)NC(C)c1ccc(Cl)cc1Cl)C1CCS(=O)(=O)C1. The number of sulfone groups is 1. The van der Waals surface area contributed by atoms with Crippen LogP contribution >= 0.6 is 23.2 Å². The average molecular weight is 407 g/mol. The molecule has 0 radical (unpaired) electrons. The highest BCUT2D eigenvalue weighted by Crippen LogP contribution is 2.26. The Bertz CT molecular complexity index is 725. The maximum Gasteiger partial charge on any atom is 0.234 e. The van der Waals surface area contributed by atoms with Crippen LogP contribution in [-0.4, -0.2) is 49.9 Å². The van der Waals surface area contributed by atoms with E-state index in [1.807, 2.05) is 18.7 Å². The number of hydrogen-bond acceptors (Lipinski definition) is 4. The van der Waals surface area contributed by atoms with E-state index in [0.717, 1.165) is 12.0 Å². The summed E-state index contributed by atoms with van der Waals surface area (Å²) >= 11 is 12.1. The second-order valence-electron chi connectivity index (χ2n) is 6.48. The molecule has 0 aliphatic carbocycles. The molecule has 5 nitrogen and oxygen atoms in total. The first-order valence-corrected chi connectivity index (χ1v) is 11.0. The van der Waals surface area contributed by atoms with Crippen molar-refractivity contribution in [3.63, 3.8) is 0 Å². The summed E-state index contributed by atoms with van der Waals surface area (Å²) in [4.78, 5) is 14.4. The van der Waals surface area contributed by atoms with E-state index in [9.17, 15) is 13.2 Å². The number of benzene rings is 1. The number of nitrogens with zero attached hydrogens (tertiary/aromatic N) is 1. The van der Waals surface area contributed by atoms with Gasteiger partial charge in [-0.25, -0.2) is 8.42 Å². The van der Waals surface area contributed by atoms with E-state index in [1.165, 1.54) is 0 Å². The van der Waals surface area contributed by atoms with Crippen molar-refractivity contribution < 1.29 is 13.2 Å². The van der Waals surface area contributed by atoms with Crippen LogP contribution in [0.2, 0.25) is 10.0 Å². The highest BCUT2D eigenvalue weighted by atomic mass is 35.5. The highest BCUT2D eigenvalue weighted by Gasteiger charge is 2.32. The standard InChI is InChI=1S/C17H24Cl2N2O3S/c1-3-7-21(14-6-8-25(23,24)11-14)10-17(22)20-12(2)15-5-4-13(18)9-16(15)19/h4-5,9,12,14H,3,6-8,10-11H2,1-2H3,(H,20,22). The van der Waals surface area contributed by atoms with Crippen LogP contribution in [0.15, 0.2) is 18.2 Å². The summed E-state index contributed by atoms with van der Waals surface area (Å²) in [6.45, 7) is 4.76. The molecule has 1 aromatic carbocycles. The van der Waals surface area contributed by atoms with Gasteiger partial charge >= 0.3 is 0 Å². The molecule has 2 unspecified atom stereocenters. The monoisotopic (exact) mass is 406 g/mol. The Morgan fingerprint density at radius 3 is 2.68 bits per heavy atom. The fourth-order valence-corrected chi connectivity index (χ4v) is 5.48. The quantitative estimate of drug-likeness (QED) is 0.755. The lowest BCUT2D eigenvalue weighted by molar-refractivity contribution is -0.123. The summed E-state index contributed by atoms with van der Waals surface area (Å²) < 4.78 is 23.4. The van der Waals surface area contributed by atoms with Crippen LogP contribution in [-0.2, 0) is 14.6 Å². The summed E-state index contributed by atoms with van der Waals surface area (Å²) in [5.74, 6) is 0.200. The third kappa shape index (κ3) is 5.84. The van der Waals surface area contributed by atoms with Crippen LogP contribution in [0, 0.1) is 0 Å². The first-order chi connectivity index (χ1) is 11.7. The molecule has 1 heterocycles. The molecule has 140 valence electrons. The summed E-state index contributed by atoms with van der Waals surface area (Å²) in [6.07, 6.45) is 1.45. The molecule has 1 saturated heterocycles. The Labute approximate surface area is 159 Å². The van der Waals surface area contributed by atoms with Gasteiger partial charge in [0.25, 0.3) is 0 Å². The first kappa shape index (κ1) is 20.5. The number of carbonyl (C=O) groups excluding carboxylic acids is 1. The van der Waals surface area contributed by atoms with Crippen molar-refractivity contribution in [3.05, 3.63) is 33.8 Å². The van der Waals surface area contributed by atoms with Crippen molar-refractivity contribution in [1.29, 1.82) is 0 Å². The van der Waals surface area contributed by atoms with E-state index < -0.39 is 9.84 Å². The molecule has 1 amide bonds. The Balaban J connectivity index is 1.98. The van der Waals surface area contributed by atoms with E-state index in [-0.39, 0.29) is 36.0 Å². The maximum atomic E-state index is 12.4. The second-order valence-corrected chi connectivity index (χ2v) is 9.55. The minimum Gasteiger partial charge on any atom is -0.348 e. The van der Waals surface area contributed by atoms with Crippen molar-refractivity contribution in [2.45, 2.75) is 38.8 Å². The largest absolute Gasteiger partial charge is 0.348 e. The molecular formula is C17H24Cl2N2O3S. The highest BCUT2D eigenvalue weighted by molar-refractivity contribution is 7.91. The van der Waals surface area contributed by atoms with Gasteiger partial charge in [-0.05, 0) is 44.0 Å². The molecule has 0 aromatic heterocycles. The zero-order valence-electron chi connectivity index (χ0n) is 14.5. The number of halogens is 2. The van der Waals surface area contributed by atoms with Crippen molar-refractivity contribution >= 4 is 38.9 Å². The summed E-state index contributed by atoms with van der Waals surface area (Å²) in [7, 11) is -2.97. The van der Waals surface area contributed by atoms with Crippen LogP contribution in [0.5, 0.6) is 0 Å². The van der Waals surface area contributed by atoms with Gasteiger partial charge in [-0.3, -0.25) is 9.69 Å². The van der Waals surface area contributed by atoms with Crippen molar-refractivity contribution in [2.24, 2.45) is 0 Å². The second kappa shape index (κ2) is 8.71. The average Bonchev–Trinajstić information content (AvgIpc) is 2.86. The lowest BCUT2D eigenvalue weighted by Crippen LogP contribution is -2.44. The van der Waals surface area contributed by atoms with Gasteiger partial charge in [-0.2, -0.15) is 0 Å². The molecular weight excluding hydrogens is 383 g/mol. The maximum absolute atomic E-state index is 12.4. The van der Waals surface area contributed by atoms with Crippen molar-refractivity contribution in [2.75, 3.05) is 24.6 Å².